The summed E-state index contributed by atoms with van der Waals surface area (Å²) in [7, 11) is 0. The molecule has 4 nitrogen and oxygen atoms in total. The lowest BCUT2D eigenvalue weighted by atomic mass is 10.0. The molecule has 2 N–H and O–H groups in total. The molecule has 0 aliphatic carbocycles. The van der Waals surface area contributed by atoms with Crippen LogP contribution in [0, 0.1) is 11.8 Å². The standard InChI is InChI=1S/C14H9F3N2O2S/c1-6-4-7(14(15,16)17)5-9(20)11(6)8-2-3-10-12(18-8)19-13(22)21-10/h2-5,20H,1H3,(H,18,19,22). The maximum atomic E-state index is 12.7. The molecule has 0 amide bonds. The van der Waals surface area contributed by atoms with Crippen LogP contribution in [0.25, 0.3) is 22.5 Å². The largest absolute Gasteiger partial charge is 0.507 e. The van der Waals surface area contributed by atoms with Gasteiger partial charge in [-0.25, -0.2) is 4.98 Å². The maximum absolute atomic E-state index is 12.7. The Kier molecular flexibility index (Phi) is 3.21. The van der Waals surface area contributed by atoms with Gasteiger partial charge in [-0.3, -0.25) is 4.98 Å². The molecule has 0 fully saturated rings. The lowest BCUT2D eigenvalue weighted by molar-refractivity contribution is -0.137. The van der Waals surface area contributed by atoms with Crippen molar-refractivity contribution >= 4 is 23.4 Å². The zero-order chi connectivity index (χ0) is 16.1. The number of phenolic OH excluding ortho intramolecular Hbond substituents is 1. The van der Waals surface area contributed by atoms with Crippen LogP contribution < -0.4 is 0 Å². The third kappa shape index (κ3) is 2.45. The average Bonchev–Trinajstić information content (AvgIpc) is 2.76. The Morgan fingerprint density at radius 2 is 2.00 bits per heavy atom. The third-order valence-electron chi connectivity index (χ3n) is 3.18. The van der Waals surface area contributed by atoms with Crippen LogP contribution in [0.15, 0.2) is 28.7 Å². The van der Waals surface area contributed by atoms with Crippen molar-refractivity contribution in [1.29, 1.82) is 0 Å². The molecule has 0 bridgehead atoms. The van der Waals surface area contributed by atoms with Gasteiger partial charge in [0.15, 0.2) is 11.2 Å². The van der Waals surface area contributed by atoms with Crippen LogP contribution in [0.4, 0.5) is 13.2 Å². The number of aromatic hydroxyl groups is 1. The molecule has 8 heteroatoms. The van der Waals surface area contributed by atoms with Crippen molar-refractivity contribution in [2.24, 2.45) is 0 Å². The van der Waals surface area contributed by atoms with Gasteiger partial charge in [0.1, 0.15) is 5.75 Å². The van der Waals surface area contributed by atoms with Gasteiger partial charge in [0.05, 0.1) is 11.3 Å². The van der Waals surface area contributed by atoms with Crippen molar-refractivity contribution in [1.82, 2.24) is 9.97 Å². The molecular weight excluding hydrogens is 317 g/mol. The van der Waals surface area contributed by atoms with E-state index in [0.717, 1.165) is 6.07 Å². The quantitative estimate of drug-likeness (QED) is 0.642. The van der Waals surface area contributed by atoms with Crippen LogP contribution in [0.3, 0.4) is 0 Å². The van der Waals surface area contributed by atoms with E-state index in [0.29, 0.717) is 23.0 Å². The van der Waals surface area contributed by atoms with Crippen molar-refractivity contribution in [3.63, 3.8) is 0 Å². The molecule has 0 aliphatic rings. The summed E-state index contributed by atoms with van der Waals surface area (Å²) in [5.41, 5.74) is 0.703. The first kappa shape index (κ1) is 14.6. The minimum absolute atomic E-state index is 0.146. The average molecular weight is 326 g/mol. The summed E-state index contributed by atoms with van der Waals surface area (Å²) in [6, 6.07) is 4.79. The molecule has 3 rings (SSSR count). The van der Waals surface area contributed by atoms with Crippen LogP contribution in [0.5, 0.6) is 5.75 Å². The molecule has 114 valence electrons. The predicted molar refractivity (Wildman–Crippen MR) is 76.0 cm³/mol. The van der Waals surface area contributed by atoms with Gasteiger partial charge in [0.2, 0.25) is 0 Å². The van der Waals surface area contributed by atoms with E-state index < -0.39 is 17.5 Å². The van der Waals surface area contributed by atoms with Gasteiger partial charge in [0.25, 0.3) is 4.84 Å². The highest BCUT2D eigenvalue weighted by molar-refractivity contribution is 7.71. The number of benzene rings is 1. The number of phenols is 1. The highest BCUT2D eigenvalue weighted by Crippen LogP contribution is 2.38. The van der Waals surface area contributed by atoms with Gasteiger partial charge in [-0.05, 0) is 49.0 Å². The third-order valence-corrected chi connectivity index (χ3v) is 3.36. The molecule has 0 atom stereocenters. The number of H-pyrrole nitrogens is 1. The van der Waals surface area contributed by atoms with Crippen LogP contribution in [-0.2, 0) is 6.18 Å². The van der Waals surface area contributed by atoms with Crippen LogP contribution >= 0.6 is 12.2 Å². The number of rotatable bonds is 1. The summed E-state index contributed by atoms with van der Waals surface area (Å²) < 4.78 is 43.4. The van der Waals surface area contributed by atoms with E-state index in [1.54, 1.807) is 12.1 Å². The smallest absolute Gasteiger partial charge is 0.416 e. The fourth-order valence-corrected chi connectivity index (χ4v) is 2.43. The monoisotopic (exact) mass is 326 g/mol. The van der Waals surface area contributed by atoms with Crippen LogP contribution in [0.1, 0.15) is 11.1 Å². The molecule has 22 heavy (non-hydrogen) atoms. The first-order valence-corrected chi connectivity index (χ1v) is 6.57. The number of halogens is 3. The van der Waals surface area contributed by atoms with Gasteiger partial charge in [-0.2, -0.15) is 13.2 Å². The topological polar surface area (TPSA) is 62.1 Å². The summed E-state index contributed by atoms with van der Waals surface area (Å²) in [6.07, 6.45) is -4.52. The number of oxazole rings is 1. The molecule has 2 aromatic heterocycles. The zero-order valence-electron chi connectivity index (χ0n) is 11.2. The van der Waals surface area contributed by atoms with Crippen molar-refractivity contribution in [2.75, 3.05) is 0 Å². The SMILES string of the molecule is Cc1cc(C(F)(F)F)cc(O)c1-c1ccc2oc(=S)[nH]c2n1. The lowest BCUT2D eigenvalue weighted by Crippen LogP contribution is -2.05. The molecule has 3 aromatic rings. The highest BCUT2D eigenvalue weighted by atomic mass is 32.1. The number of fused-ring (bicyclic) bond motifs is 1. The molecule has 1 aromatic carbocycles. The zero-order valence-corrected chi connectivity index (χ0v) is 12.0. The fourth-order valence-electron chi connectivity index (χ4n) is 2.25. The second-order valence-corrected chi connectivity index (χ2v) is 5.11. The number of alkyl halides is 3. The highest BCUT2D eigenvalue weighted by Gasteiger charge is 2.32. The summed E-state index contributed by atoms with van der Waals surface area (Å²) in [6.45, 7) is 1.48. The molecular formula is C14H9F3N2O2S. The summed E-state index contributed by atoms with van der Waals surface area (Å²) in [5.74, 6) is -0.485. The van der Waals surface area contributed by atoms with Crippen molar-refractivity contribution < 1.29 is 22.7 Å². The number of aromatic amines is 1. The van der Waals surface area contributed by atoms with E-state index in [1.165, 1.54) is 6.92 Å². The van der Waals surface area contributed by atoms with Crippen molar-refractivity contribution in [3.8, 4) is 17.0 Å². The first-order chi connectivity index (χ1) is 10.3. The normalized spacial score (nSPS) is 12.0. The number of aromatic nitrogens is 2. The van der Waals surface area contributed by atoms with E-state index in [-0.39, 0.29) is 16.0 Å². The van der Waals surface area contributed by atoms with E-state index in [9.17, 15) is 18.3 Å². The number of nitrogens with zero attached hydrogens (tertiary/aromatic N) is 1. The molecule has 2 heterocycles. The number of hydrogen-bond acceptors (Lipinski definition) is 4. The van der Waals surface area contributed by atoms with E-state index >= 15 is 0 Å². The van der Waals surface area contributed by atoms with E-state index in [2.05, 4.69) is 9.97 Å². The molecule has 0 aliphatic heterocycles. The Balaban J connectivity index is 2.19. The van der Waals surface area contributed by atoms with Gasteiger partial charge >= 0.3 is 6.18 Å². The fraction of sp³-hybridized carbons (Fsp3) is 0.143. The number of hydrogen-bond donors (Lipinski definition) is 2. The molecule has 0 saturated carbocycles. The van der Waals surface area contributed by atoms with E-state index in [1.807, 2.05) is 0 Å². The van der Waals surface area contributed by atoms with Gasteiger partial charge in [0, 0.05) is 5.56 Å². The number of pyridine rings is 1. The Morgan fingerprint density at radius 1 is 1.27 bits per heavy atom. The van der Waals surface area contributed by atoms with Crippen LogP contribution in [-0.4, -0.2) is 15.1 Å². The van der Waals surface area contributed by atoms with E-state index in [4.69, 9.17) is 16.6 Å². The number of nitrogens with one attached hydrogen (secondary N) is 1. The lowest BCUT2D eigenvalue weighted by Gasteiger charge is -2.13. The summed E-state index contributed by atoms with van der Waals surface area (Å²) in [5, 5.41) is 9.97. The van der Waals surface area contributed by atoms with Gasteiger partial charge in [-0.15, -0.1) is 0 Å². The Morgan fingerprint density at radius 3 is 2.64 bits per heavy atom. The molecule has 0 saturated heterocycles. The Hall–Kier alpha value is -2.35. The molecule has 0 spiro atoms. The second-order valence-electron chi connectivity index (χ2n) is 4.74. The maximum Gasteiger partial charge on any atom is 0.416 e. The van der Waals surface area contributed by atoms with Gasteiger partial charge in [-0.1, -0.05) is 0 Å². The second kappa shape index (κ2) is 4.84. The predicted octanol–water partition coefficient (Wildman–Crippen LogP) is 4.59. The Bertz CT molecular complexity index is 905. The molecule has 0 radical (unpaired) electrons. The minimum Gasteiger partial charge on any atom is -0.507 e. The summed E-state index contributed by atoms with van der Waals surface area (Å²) >= 11 is 4.85. The molecule has 0 unspecified atom stereocenters. The minimum atomic E-state index is -4.52. The van der Waals surface area contributed by atoms with Crippen molar-refractivity contribution in [3.05, 3.63) is 40.2 Å². The van der Waals surface area contributed by atoms with Crippen molar-refractivity contribution in [2.45, 2.75) is 13.1 Å². The number of aryl methyl sites for hydroxylation is 1. The van der Waals surface area contributed by atoms with Gasteiger partial charge < -0.3 is 9.52 Å². The Labute approximate surface area is 127 Å². The van der Waals surface area contributed by atoms with Crippen LogP contribution in [0.2, 0.25) is 0 Å². The first-order valence-electron chi connectivity index (χ1n) is 6.17. The summed E-state index contributed by atoms with van der Waals surface area (Å²) in [4.78, 5) is 7.09.